The first-order chi connectivity index (χ1) is 6.76. The molecule has 1 aromatic rings. The highest BCUT2D eigenvalue weighted by molar-refractivity contribution is 14.2. The molecule has 0 aliphatic carbocycles. The molecule has 14 heavy (non-hydrogen) atoms. The number of benzene rings is 1. The quantitative estimate of drug-likeness (QED) is 0.181. The van der Waals surface area contributed by atoms with Gasteiger partial charge in [-0.25, -0.2) is 0 Å². The molecule has 82 valence electrons. The molecule has 0 spiro atoms. The van der Waals surface area contributed by atoms with Crippen LogP contribution in [0.25, 0.3) is 0 Å². The van der Waals surface area contributed by atoms with E-state index >= 15 is 0 Å². The van der Waals surface area contributed by atoms with E-state index in [1.54, 1.807) is 0 Å². The van der Waals surface area contributed by atoms with Gasteiger partial charge in [-0.3, -0.25) is 0 Å². The number of hydrogen-bond acceptors (Lipinski definition) is 0. The zero-order valence-corrected chi connectivity index (χ0v) is 17.8. The fourth-order valence-electron chi connectivity index (χ4n) is 0.738. The first-order valence-corrected chi connectivity index (χ1v) is 18.2. The first-order valence-electron chi connectivity index (χ1n) is 2.98. The maximum Gasteiger partial charge on any atom is 0.0461 e. The summed E-state index contributed by atoms with van der Waals surface area (Å²) in [4.78, 5) is 0. The van der Waals surface area contributed by atoms with E-state index in [1.165, 1.54) is 14.3 Å². The van der Waals surface area contributed by atoms with Gasteiger partial charge in [0, 0.05) is 34.4 Å². The molecule has 1 rings (SSSR count). The number of halogens is 8. The van der Waals surface area contributed by atoms with E-state index in [0.717, 1.165) is 0 Å². The summed E-state index contributed by atoms with van der Waals surface area (Å²) in [5.74, 6) is 0. The van der Waals surface area contributed by atoms with Crippen LogP contribution in [0.3, 0.4) is 0 Å². The smallest absolute Gasteiger partial charge is 0.0461 e. The second-order valence-corrected chi connectivity index (χ2v) is 12.1. The zero-order chi connectivity index (χ0) is 10.6. The van der Waals surface area contributed by atoms with Gasteiger partial charge >= 0.3 is 0 Å². The Bertz CT molecular complexity index is 294. The summed E-state index contributed by atoms with van der Waals surface area (Å²) in [5.41, 5.74) is 0. The Morgan fingerprint density at radius 1 is 0.714 bits per heavy atom. The maximum absolute atomic E-state index is 5.99. The van der Waals surface area contributed by atoms with Crippen molar-refractivity contribution in [3.05, 3.63) is 26.4 Å². The van der Waals surface area contributed by atoms with Crippen LogP contribution in [-0.2, 0) is 0 Å². The van der Waals surface area contributed by atoms with Crippen molar-refractivity contribution in [2.45, 2.75) is 0 Å². The third-order valence-corrected chi connectivity index (χ3v) is 12.7. The molecule has 0 N–H and O–H groups in total. The highest BCUT2D eigenvalue weighted by atomic mass is 127. The Kier molecular flexibility index (Phi) is 9.23. The predicted molar refractivity (Wildman–Crippen MR) is 101 cm³/mol. The molecule has 0 bridgehead atoms. The second-order valence-electron chi connectivity index (χ2n) is 1.97. The van der Waals surface area contributed by atoms with Crippen molar-refractivity contribution in [1.29, 1.82) is 0 Å². The van der Waals surface area contributed by atoms with Crippen LogP contribution in [0.4, 0.5) is 0 Å². The Labute approximate surface area is 139 Å². The van der Waals surface area contributed by atoms with E-state index in [9.17, 15) is 0 Å². The number of rotatable bonds is 4. The van der Waals surface area contributed by atoms with Gasteiger partial charge in [-0.05, 0) is 108 Å². The molecule has 0 atom stereocenters. The van der Waals surface area contributed by atoms with Crippen molar-refractivity contribution >= 4 is 116 Å². The van der Waals surface area contributed by atoms with Crippen LogP contribution in [0, 0.1) is 14.3 Å². The summed E-state index contributed by atoms with van der Waals surface area (Å²) in [6, 6.07) is 4.25. The largest absolute Gasteiger partial charge is 0.0491 e. The Morgan fingerprint density at radius 2 is 1.21 bits per heavy atom. The lowest BCUT2D eigenvalue weighted by molar-refractivity contribution is 1.49. The van der Waals surface area contributed by atoms with Crippen LogP contribution in [0.2, 0.25) is 0 Å². The molecule has 0 heterocycles. The molecule has 0 unspecified atom stereocenters. The molecule has 0 nitrogen and oxygen atoms in total. The van der Waals surface area contributed by atoms with Crippen LogP contribution in [-0.4, -0.2) is 0 Å². The predicted octanol–water partition coefficient (Wildman–Crippen LogP) is 6.86. The van der Waals surface area contributed by atoms with Gasteiger partial charge in [0.15, 0.2) is 0 Å². The maximum atomic E-state index is 5.99. The molecule has 0 saturated carbocycles. The molecule has 0 aliphatic rings. The molecular formula is C6H2Cl4I4. The minimum absolute atomic E-state index is 0.395. The van der Waals surface area contributed by atoms with Gasteiger partial charge in [0.1, 0.15) is 0 Å². The van der Waals surface area contributed by atoms with Gasteiger partial charge in [-0.2, -0.15) is 0 Å². The average Bonchev–Trinajstić information content (AvgIpc) is 2.26. The van der Waals surface area contributed by atoms with Crippen LogP contribution in [0.5, 0.6) is 0 Å². The summed E-state index contributed by atoms with van der Waals surface area (Å²) in [6.45, 7) is 0. The summed E-state index contributed by atoms with van der Waals surface area (Å²) < 4.78 is 4.95. The molecule has 8 heteroatoms. The molecule has 0 saturated heterocycles. The van der Waals surface area contributed by atoms with Crippen molar-refractivity contribution in [3.63, 3.8) is 0 Å². The van der Waals surface area contributed by atoms with Gasteiger partial charge < -0.3 is 0 Å². The summed E-state index contributed by atoms with van der Waals surface area (Å²) in [6.07, 6.45) is 0. The normalized spacial score (nSPS) is 10.6. The molecule has 0 fully saturated rings. The van der Waals surface area contributed by atoms with E-state index in [0.29, 0.717) is 0 Å². The van der Waals surface area contributed by atoms with Gasteiger partial charge in [-0.15, -0.1) is 0 Å². The standard InChI is InChI=1S/C6H2Cl4I4/c7-11-3-1-4(12-8)6(14-10)5(2-3)13-9/h1-2H. The van der Waals surface area contributed by atoms with Crippen molar-refractivity contribution in [1.82, 2.24) is 0 Å². The fourth-order valence-corrected chi connectivity index (χ4v) is 14.9. The lowest BCUT2D eigenvalue weighted by Crippen LogP contribution is -1.90. The molecule has 1 aromatic carbocycles. The lowest BCUT2D eigenvalue weighted by atomic mass is 10.4. The van der Waals surface area contributed by atoms with Crippen LogP contribution in [0.1, 0.15) is 0 Å². The first kappa shape index (κ1) is 15.4. The molecular weight excluding hydrogens is 721 g/mol. The molecule has 4 radical (unpaired) electrons. The third-order valence-electron chi connectivity index (χ3n) is 1.26. The lowest BCUT2D eigenvalue weighted by Gasteiger charge is -2.08. The van der Waals surface area contributed by atoms with Crippen molar-refractivity contribution < 1.29 is 0 Å². The minimum atomic E-state index is -0.437. The topological polar surface area (TPSA) is 0 Å². The molecule has 0 amide bonds. The van der Waals surface area contributed by atoms with Gasteiger partial charge in [0.05, 0.1) is 0 Å². The van der Waals surface area contributed by atoms with E-state index in [2.05, 4.69) is 12.1 Å². The van der Waals surface area contributed by atoms with Crippen LogP contribution >= 0.6 is 116 Å². The summed E-state index contributed by atoms with van der Waals surface area (Å²) in [7, 11) is 23.9. The number of hydrogen-bond donors (Lipinski definition) is 0. The average molecular weight is 724 g/mol. The van der Waals surface area contributed by atoms with E-state index in [-0.39, 0.29) is 0 Å². The monoisotopic (exact) mass is 722 g/mol. The van der Waals surface area contributed by atoms with Crippen LogP contribution < -0.4 is 0 Å². The van der Waals surface area contributed by atoms with Gasteiger partial charge in [-0.1, -0.05) is 0 Å². The van der Waals surface area contributed by atoms with Crippen LogP contribution in [0.15, 0.2) is 12.1 Å². The zero-order valence-electron chi connectivity index (χ0n) is 6.18. The van der Waals surface area contributed by atoms with Gasteiger partial charge in [0.2, 0.25) is 0 Å². The van der Waals surface area contributed by atoms with Crippen molar-refractivity contribution in [2.75, 3.05) is 0 Å². The van der Waals surface area contributed by atoms with Gasteiger partial charge in [0.25, 0.3) is 0 Å². The Balaban J connectivity index is 3.24. The highest BCUT2D eigenvalue weighted by Gasteiger charge is 2.11. The minimum Gasteiger partial charge on any atom is -0.0491 e. The molecule has 0 aliphatic heterocycles. The van der Waals surface area contributed by atoms with Crippen molar-refractivity contribution in [3.8, 4) is 0 Å². The second kappa shape index (κ2) is 8.41. The highest BCUT2D eigenvalue weighted by Crippen LogP contribution is 2.45. The van der Waals surface area contributed by atoms with Crippen molar-refractivity contribution in [2.24, 2.45) is 0 Å². The van der Waals surface area contributed by atoms with E-state index in [4.69, 9.17) is 35.6 Å². The van der Waals surface area contributed by atoms with E-state index < -0.39 is 80.3 Å². The van der Waals surface area contributed by atoms with E-state index in [1.807, 2.05) is 0 Å². The Morgan fingerprint density at radius 3 is 1.50 bits per heavy atom. The SMILES string of the molecule is Cl[I]c1cc([I]Cl)c([I]Cl)c([I]Cl)c1. The summed E-state index contributed by atoms with van der Waals surface area (Å²) in [5, 5.41) is 0. The summed E-state index contributed by atoms with van der Waals surface area (Å²) >= 11 is -1.70. The third kappa shape index (κ3) is 4.20. The molecule has 0 aromatic heterocycles. The Hall–Kier alpha value is 3.30. The fraction of sp³-hybridized carbons (Fsp3) is 0.